The molecule has 0 aliphatic heterocycles. The van der Waals surface area contributed by atoms with Crippen LogP contribution in [0.3, 0.4) is 0 Å². The summed E-state index contributed by atoms with van der Waals surface area (Å²) >= 11 is 12.5. The van der Waals surface area contributed by atoms with Crippen LogP contribution in [0.5, 0.6) is 5.75 Å². The van der Waals surface area contributed by atoms with Gasteiger partial charge in [-0.3, -0.25) is 4.79 Å². The lowest BCUT2D eigenvalue weighted by atomic mass is 9.98. The van der Waals surface area contributed by atoms with Crippen LogP contribution in [0.2, 0.25) is 10.0 Å². The number of H-pyrrole nitrogens is 1. The lowest BCUT2D eigenvalue weighted by molar-refractivity contribution is -0.140. The fourth-order valence-corrected chi connectivity index (χ4v) is 3.84. The second-order valence-electron chi connectivity index (χ2n) is 7.19. The van der Waals surface area contributed by atoms with E-state index in [1.54, 1.807) is 6.07 Å². The first kappa shape index (κ1) is 21.3. The molecular formula is C25H21Cl2NO3. The van der Waals surface area contributed by atoms with Gasteiger partial charge in [0.2, 0.25) is 0 Å². The van der Waals surface area contributed by atoms with Crippen LogP contribution in [0, 0.1) is 0 Å². The summed E-state index contributed by atoms with van der Waals surface area (Å²) in [5, 5.41) is 2.11. The number of halogens is 2. The van der Waals surface area contributed by atoms with Crippen molar-refractivity contribution in [3.8, 4) is 16.9 Å². The lowest BCUT2D eigenvalue weighted by Crippen LogP contribution is -2.03. The minimum atomic E-state index is -0.230. The number of hydrogen-bond donors (Lipinski definition) is 1. The van der Waals surface area contributed by atoms with E-state index in [9.17, 15) is 4.79 Å². The number of esters is 1. The van der Waals surface area contributed by atoms with E-state index in [0.29, 0.717) is 29.5 Å². The molecule has 4 rings (SSSR count). The first-order chi connectivity index (χ1) is 15.0. The van der Waals surface area contributed by atoms with Gasteiger partial charge < -0.3 is 14.5 Å². The van der Waals surface area contributed by atoms with Gasteiger partial charge in [0, 0.05) is 29.3 Å². The molecule has 31 heavy (non-hydrogen) atoms. The Morgan fingerprint density at radius 2 is 1.90 bits per heavy atom. The molecule has 0 amide bonds. The molecule has 6 heteroatoms. The van der Waals surface area contributed by atoms with Crippen LogP contribution < -0.4 is 4.74 Å². The predicted molar refractivity (Wildman–Crippen MR) is 125 cm³/mol. The summed E-state index contributed by atoms with van der Waals surface area (Å²) in [6, 6.07) is 19.7. The zero-order valence-electron chi connectivity index (χ0n) is 17.0. The molecule has 0 aliphatic carbocycles. The highest BCUT2D eigenvalue weighted by Crippen LogP contribution is 2.35. The maximum absolute atomic E-state index is 11.6. The Morgan fingerprint density at radius 3 is 2.74 bits per heavy atom. The number of carbonyl (C=O) groups is 1. The van der Waals surface area contributed by atoms with Gasteiger partial charge in [-0.05, 0) is 59.3 Å². The fourth-order valence-electron chi connectivity index (χ4n) is 3.47. The van der Waals surface area contributed by atoms with Crippen molar-refractivity contribution in [2.24, 2.45) is 0 Å². The van der Waals surface area contributed by atoms with Crippen molar-refractivity contribution in [1.82, 2.24) is 4.98 Å². The molecule has 0 saturated heterocycles. The van der Waals surface area contributed by atoms with Crippen LogP contribution in [0.15, 0.2) is 66.9 Å². The summed E-state index contributed by atoms with van der Waals surface area (Å²) in [7, 11) is 1.40. The van der Waals surface area contributed by atoms with Gasteiger partial charge in [-0.15, -0.1) is 0 Å². The number of carbonyl (C=O) groups excluding carboxylic acids is 1. The zero-order valence-corrected chi connectivity index (χ0v) is 18.5. The number of fused-ring (bicyclic) bond motifs is 1. The zero-order chi connectivity index (χ0) is 21.8. The second kappa shape index (κ2) is 9.46. The predicted octanol–water partition coefficient (Wildman–Crippen LogP) is 6.83. The molecule has 0 radical (unpaired) electrons. The van der Waals surface area contributed by atoms with Gasteiger partial charge >= 0.3 is 5.97 Å². The molecule has 0 saturated carbocycles. The summed E-state index contributed by atoms with van der Waals surface area (Å²) in [6.45, 7) is 0.292. The molecule has 1 aromatic heterocycles. The highest BCUT2D eigenvalue weighted by Gasteiger charge is 2.12. The Bertz CT molecular complexity index is 1230. The summed E-state index contributed by atoms with van der Waals surface area (Å²) in [5.41, 5.74) is 4.89. The van der Waals surface area contributed by atoms with Crippen molar-refractivity contribution in [3.63, 3.8) is 0 Å². The van der Waals surface area contributed by atoms with E-state index in [1.165, 1.54) is 7.11 Å². The number of benzene rings is 3. The Balaban J connectivity index is 1.67. The topological polar surface area (TPSA) is 51.3 Å². The van der Waals surface area contributed by atoms with Crippen LogP contribution in [-0.2, 0) is 22.6 Å². The molecule has 0 aliphatic rings. The van der Waals surface area contributed by atoms with Crippen LogP contribution in [-0.4, -0.2) is 18.1 Å². The first-order valence-corrected chi connectivity index (χ1v) is 10.6. The minimum Gasteiger partial charge on any atom is -0.488 e. The largest absolute Gasteiger partial charge is 0.488 e. The Kier molecular flexibility index (Phi) is 6.50. The van der Waals surface area contributed by atoms with Crippen molar-refractivity contribution in [2.45, 2.75) is 19.4 Å². The van der Waals surface area contributed by atoms with Crippen molar-refractivity contribution in [2.75, 3.05) is 7.11 Å². The van der Waals surface area contributed by atoms with Gasteiger partial charge in [-0.2, -0.15) is 0 Å². The highest BCUT2D eigenvalue weighted by atomic mass is 35.5. The van der Waals surface area contributed by atoms with E-state index in [-0.39, 0.29) is 5.97 Å². The molecule has 0 atom stereocenters. The molecule has 4 nitrogen and oxygen atoms in total. The molecular weight excluding hydrogens is 433 g/mol. The van der Waals surface area contributed by atoms with Gasteiger partial charge in [-0.1, -0.05) is 47.5 Å². The first-order valence-electron chi connectivity index (χ1n) is 9.88. The molecule has 4 aromatic rings. The van der Waals surface area contributed by atoms with E-state index in [1.807, 2.05) is 42.6 Å². The monoisotopic (exact) mass is 453 g/mol. The number of aromatic amines is 1. The SMILES string of the molecule is COC(=O)CCc1ccc(OCc2cccc(Cl)c2Cl)c(-c2ccc3[nH]ccc3c2)c1. The minimum absolute atomic E-state index is 0.230. The third-order valence-electron chi connectivity index (χ3n) is 5.17. The van der Waals surface area contributed by atoms with Crippen molar-refractivity contribution in [3.05, 3.63) is 88.0 Å². The molecule has 0 unspecified atom stereocenters. The number of aryl methyl sites for hydroxylation is 1. The van der Waals surface area contributed by atoms with Crippen LogP contribution in [0.25, 0.3) is 22.0 Å². The van der Waals surface area contributed by atoms with Crippen LogP contribution in [0.4, 0.5) is 0 Å². The van der Waals surface area contributed by atoms with E-state index < -0.39 is 0 Å². The number of ether oxygens (including phenoxy) is 2. The van der Waals surface area contributed by atoms with E-state index in [0.717, 1.165) is 38.9 Å². The molecule has 0 bridgehead atoms. The normalized spacial score (nSPS) is 10.9. The van der Waals surface area contributed by atoms with E-state index >= 15 is 0 Å². The van der Waals surface area contributed by atoms with Crippen molar-refractivity contribution >= 4 is 40.1 Å². The molecule has 3 aromatic carbocycles. The summed E-state index contributed by atoms with van der Waals surface area (Å²) in [6.07, 6.45) is 2.83. The molecule has 158 valence electrons. The molecule has 0 spiro atoms. The number of rotatable bonds is 7. The summed E-state index contributed by atoms with van der Waals surface area (Å²) in [4.78, 5) is 14.8. The van der Waals surface area contributed by atoms with E-state index in [4.69, 9.17) is 32.7 Å². The Morgan fingerprint density at radius 1 is 1.03 bits per heavy atom. The third kappa shape index (κ3) is 4.87. The van der Waals surface area contributed by atoms with Gasteiger partial charge in [-0.25, -0.2) is 0 Å². The van der Waals surface area contributed by atoms with Crippen molar-refractivity contribution < 1.29 is 14.3 Å². The highest BCUT2D eigenvalue weighted by molar-refractivity contribution is 6.42. The molecule has 0 fully saturated rings. The number of methoxy groups -OCH3 is 1. The second-order valence-corrected chi connectivity index (χ2v) is 7.97. The average molecular weight is 454 g/mol. The Labute approximate surface area is 190 Å². The van der Waals surface area contributed by atoms with Gasteiger partial charge in [0.25, 0.3) is 0 Å². The third-order valence-corrected chi connectivity index (χ3v) is 6.03. The number of hydrogen-bond acceptors (Lipinski definition) is 3. The van der Waals surface area contributed by atoms with Crippen LogP contribution >= 0.6 is 23.2 Å². The van der Waals surface area contributed by atoms with E-state index in [2.05, 4.69) is 23.2 Å². The Hall–Kier alpha value is -2.95. The smallest absolute Gasteiger partial charge is 0.305 e. The number of aromatic nitrogens is 1. The lowest BCUT2D eigenvalue weighted by Gasteiger charge is -2.15. The fraction of sp³-hybridized carbons (Fsp3) is 0.160. The standard InChI is InChI=1S/C25H21Cl2NO3/c1-30-24(29)10-6-16-5-9-23(31-15-19-3-2-4-21(26)25(19)27)20(13-16)17-7-8-22-18(14-17)11-12-28-22/h2-5,7-9,11-14,28H,6,10,15H2,1H3. The van der Waals surface area contributed by atoms with Gasteiger partial charge in [0.05, 0.1) is 17.2 Å². The average Bonchev–Trinajstić information content (AvgIpc) is 3.26. The molecule has 1 heterocycles. The summed E-state index contributed by atoms with van der Waals surface area (Å²) < 4.78 is 10.9. The quantitative estimate of drug-likeness (QED) is 0.312. The maximum atomic E-state index is 11.6. The maximum Gasteiger partial charge on any atom is 0.305 e. The van der Waals surface area contributed by atoms with Crippen molar-refractivity contribution in [1.29, 1.82) is 0 Å². The molecule has 1 N–H and O–H groups in total. The summed E-state index contributed by atoms with van der Waals surface area (Å²) in [5.74, 6) is 0.499. The number of nitrogens with one attached hydrogen (secondary N) is 1. The van der Waals surface area contributed by atoms with Gasteiger partial charge in [0.15, 0.2) is 0 Å². The van der Waals surface area contributed by atoms with Crippen LogP contribution in [0.1, 0.15) is 17.5 Å². The van der Waals surface area contributed by atoms with Gasteiger partial charge in [0.1, 0.15) is 12.4 Å².